The molecule has 0 radical (unpaired) electrons. The van der Waals surface area contributed by atoms with Gasteiger partial charge in [0, 0.05) is 0 Å². The molecule has 0 N–H and O–H groups in total. The van der Waals surface area contributed by atoms with Gasteiger partial charge in [0.2, 0.25) is 0 Å². The zero-order valence-electron chi connectivity index (χ0n) is 5.38. The first-order valence-corrected chi connectivity index (χ1v) is 18.1. The van der Waals surface area contributed by atoms with Crippen LogP contribution in [0.1, 0.15) is 6.42 Å². The van der Waals surface area contributed by atoms with Crippen LogP contribution >= 0.6 is 28.6 Å². The summed E-state index contributed by atoms with van der Waals surface area (Å²) in [5.41, 5.74) is 0. The third-order valence-corrected chi connectivity index (χ3v) is 8.53. The van der Waals surface area contributed by atoms with Gasteiger partial charge in [0.15, 0.2) is 0 Å². The molecule has 0 spiro atoms. The van der Waals surface area contributed by atoms with Crippen LogP contribution in [0.4, 0.5) is 0 Å². The Bertz CT molecular complexity index is 57.9. The molecule has 0 bridgehead atoms. The third-order valence-electron chi connectivity index (χ3n) is 0.905. The minimum atomic E-state index is -1.53. The van der Waals surface area contributed by atoms with Crippen molar-refractivity contribution in [2.45, 2.75) is 20.7 Å². The fraction of sp³-hybridized carbons (Fsp3) is 1.00. The topological polar surface area (TPSA) is 0 Å². The molecule has 0 rings (SSSR count). The molecule has 50 valence electrons. The molecule has 0 aliphatic rings. The first-order chi connectivity index (χ1) is 3.56. The maximum absolute atomic E-state index is 3.77. The van der Waals surface area contributed by atoms with E-state index in [1.54, 1.807) is 0 Å². The third kappa shape index (κ3) is 7.76. The van der Waals surface area contributed by atoms with Gasteiger partial charge in [-0.3, -0.25) is 0 Å². The average Bonchev–Trinajstić information content (AvgIpc) is 1.59. The Hall–Kier alpha value is 1.76. The number of hydrogen-bond acceptors (Lipinski definition) is 0. The Labute approximate surface area is 70.2 Å². The molecule has 0 aromatic rings. The maximum atomic E-state index is 3.77. The van der Waals surface area contributed by atoms with Crippen molar-refractivity contribution in [2.24, 2.45) is 0 Å². The van der Waals surface area contributed by atoms with Gasteiger partial charge in [-0.25, -0.2) is 0 Å². The van der Waals surface area contributed by atoms with Crippen LogP contribution in [0.15, 0.2) is 0 Å². The molecule has 0 saturated carbocycles. The second-order valence-corrected chi connectivity index (χ2v) is 28.9. The van der Waals surface area contributed by atoms with E-state index in [9.17, 15) is 0 Å². The Morgan fingerprint density at radius 2 is 1.88 bits per heavy atom. The van der Waals surface area contributed by atoms with Crippen LogP contribution in [0.25, 0.3) is 0 Å². The summed E-state index contributed by atoms with van der Waals surface area (Å²) in [6, 6.07) is 0. The number of halogens is 2. The Balaban J connectivity index is 3.11. The van der Waals surface area contributed by atoms with E-state index in [1.165, 1.54) is 16.2 Å². The molecule has 0 aromatic carbocycles. The van der Waals surface area contributed by atoms with E-state index in [0.29, 0.717) is 0 Å². The van der Waals surface area contributed by atoms with Gasteiger partial charge >= 0.3 is 70.9 Å². The van der Waals surface area contributed by atoms with Crippen molar-refractivity contribution in [3.63, 3.8) is 0 Å². The first-order valence-electron chi connectivity index (χ1n) is 2.81. The second-order valence-electron chi connectivity index (χ2n) is 2.51. The molecule has 0 nitrogen and oxygen atoms in total. The normalized spacial score (nSPS) is 12.0. The zero-order chi connectivity index (χ0) is 6.62. The van der Waals surface area contributed by atoms with Crippen molar-refractivity contribution < 1.29 is 0 Å². The molecule has 0 atom stereocenters. The fourth-order valence-electron chi connectivity index (χ4n) is 0.487. The van der Waals surface area contributed by atoms with Crippen LogP contribution in [0.5, 0.6) is 0 Å². The van der Waals surface area contributed by atoms with Gasteiger partial charge in [-0.1, -0.05) is 0 Å². The summed E-state index contributed by atoms with van der Waals surface area (Å²) in [5.74, 6) is 0. The zero-order valence-corrected chi connectivity index (χ0v) is 11.4. The predicted molar refractivity (Wildman–Crippen MR) is 49.6 cm³/mol. The van der Waals surface area contributed by atoms with E-state index in [4.69, 9.17) is 0 Å². The fourth-order valence-corrected chi connectivity index (χ4v) is 7.03. The summed E-state index contributed by atoms with van der Waals surface area (Å²) in [7, 11) is 0. The van der Waals surface area contributed by atoms with Gasteiger partial charge in [0.25, 0.3) is 0 Å². The van der Waals surface area contributed by atoms with Gasteiger partial charge < -0.3 is 0 Å². The van der Waals surface area contributed by atoms with Gasteiger partial charge in [0.1, 0.15) is 0 Å². The van der Waals surface area contributed by atoms with Gasteiger partial charge in [-0.05, 0) is 0 Å². The molecule has 0 heterocycles. The molecule has 3 heteroatoms. The Morgan fingerprint density at radius 3 is 2.00 bits per heavy atom. The van der Waals surface area contributed by atoms with E-state index in [-0.39, 0.29) is 0 Å². The summed E-state index contributed by atoms with van der Waals surface area (Å²) < 4.78 is 1.44. The molecular weight excluding hydrogens is 339 g/mol. The van der Waals surface area contributed by atoms with Crippen molar-refractivity contribution >= 4 is 44.8 Å². The van der Waals surface area contributed by atoms with E-state index in [1.807, 2.05) is 0 Å². The van der Waals surface area contributed by atoms with Crippen LogP contribution in [0.3, 0.4) is 0 Å². The Kier molecular flexibility index (Phi) is 5.56. The molecule has 8 heavy (non-hydrogen) atoms. The SMILES string of the molecule is [CH3][Sn]([CH3])([Br])[CH2]CCBr. The summed E-state index contributed by atoms with van der Waals surface area (Å²) >= 11 is 5.66. The average molecular weight is 351 g/mol. The second kappa shape index (κ2) is 4.56. The van der Waals surface area contributed by atoms with Crippen LogP contribution in [-0.4, -0.2) is 21.5 Å². The molecule has 0 amide bonds. The monoisotopic (exact) mass is 350 g/mol. The number of hydrogen-bond donors (Lipinski definition) is 0. The van der Waals surface area contributed by atoms with Crippen LogP contribution in [0.2, 0.25) is 14.3 Å². The summed E-state index contributed by atoms with van der Waals surface area (Å²) in [6.45, 7) is 0. The molecular formula is C5H12Br2Sn. The molecule has 0 unspecified atom stereocenters. The summed E-state index contributed by atoms with van der Waals surface area (Å²) in [5, 5.41) is 1.17. The van der Waals surface area contributed by atoms with Crippen molar-refractivity contribution in [1.29, 1.82) is 0 Å². The molecule has 0 aliphatic heterocycles. The summed E-state index contributed by atoms with van der Waals surface area (Å²) in [6.07, 6.45) is 1.34. The quantitative estimate of drug-likeness (QED) is 0.541. The van der Waals surface area contributed by atoms with Gasteiger partial charge in [0.05, 0.1) is 0 Å². The molecule has 0 aliphatic carbocycles. The minimum absolute atomic E-state index is 1.17. The summed E-state index contributed by atoms with van der Waals surface area (Å²) in [4.78, 5) is 4.80. The molecule has 0 aromatic heterocycles. The van der Waals surface area contributed by atoms with Gasteiger partial charge in [-0.15, -0.1) is 0 Å². The van der Waals surface area contributed by atoms with Crippen molar-refractivity contribution in [2.75, 3.05) is 5.33 Å². The van der Waals surface area contributed by atoms with Crippen LogP contribution in [-0.2, 0) is 0 Å². The van der Waals surface area contributed by atoms with Crippen LogP contribution < -0.4 is 0 Å². The van der Waals surface area contributed by atoms with Crippen LogP contribution in [0, 0.1) is 0 Å². The predicted octanol–water partition coefficient (Wildman–Crippen LogP) is 3.37. The Morgan fingerprint density at radius 1 is 1.38 bits per heavy atom. The standard InChI is InChI=1S/C3H6Br.2CH3.BrH.Sn/c1-2-3-4;;;;/h1-3H2;2*1H3;1H;/q;;;;+1/p-1. The van der Waals surface area contributed by atoms with Crippen molar-refractivity contribution in [3.05, 3.63) is 0 Å². The van der Waals surface area contributed by atoms with E-state index >= 15 is 0 Å². The number of rotatable bonds is 3. The van der Waals surface area contributed by atoms with E-state index in [0.717, 1.165) is 0 Å². The van der Waals surface area contributed by atoms with E-state index in [2.05, 4.69) is 38.5 Å². The van der Waals surface area contributed by atoms with Crippen molar-refractivity contribution in [1.82, 2.24) is 0 Å². The molecule has 0 fully saturated rings. The molecule has 0 saturated heterocycles. The van der Waals surface area contributed by atoms with E-state index < -0.39 is 16.2 Å². The van der Waals surface area contributed by atoms with Crippen molar-refractivity contribution in [3.8, 4) is 0 Å². The first kappa shape index (κ1) is 9.76. The number of alkyl halides is 1. The van der Waals surface area contributed by atoms with Gasteiger partial charge in [-0.2, -0.15) is 0 Å².